The van der Waals surface area contributed by atoms with Crippen LogP contribution in [0, 0.1) is 0 Å². The Bertz CT molecular complexity index is 511. The third-order valence-corrected chi connectivity index (χ3v) is 4.19. The lowest BCUT2D eigenvalue weighted by atomic mass is 10.1. The average Bonchev–Trinajstić information content (AvgIpc) is 3.01. The number of carbonyl (C=O) groups excluding carboxylic acids is 1. The minimum absolute atomic E-state index is 0.264. The number of hydrogen-bond donors (Lipinski definition) is 0. The summed E-state index contributed by atoms with van der Waals surface area (Å²) in [5.74, 6) is 0.264. The molecule has 0 saturated carbocycles. The van der Waals surface area contributed by atoms with Gasteiger partial charge in [-0.1, -0.05) is 13.0 Å². The number of aromatic nitrogens is 1. The van der Waals surface area contributed by atoms with Gasteiger partial charge in [-0.05, 0) is 48.7 Å². The lowest BCUT2D eigenvalue weighted by Crippen LogP contribution is -2.24. The summed E-state index contributed by atoms with van der Waals surface area (Å²) in [7, 11) is 0. The smallest absolute Gasteiger partial charge is 0.172 e. The maximum Gasteiger partial charge on any atom is 0.172 e. The molecule has 0 fully saturated rings. The van der Waals surface area contributed by atoms with Gasteiger partial charge < -0.3 is 0 Å². The summed E-state index contributed by atoms with van der Waals surface area (Å²) in [4.78, 5) is 19.2. The van der Waals surface area contributed by atoms with E-state index in [4.69, 9.17) is 0 Å². The van der Waals surface area contributed by atoms with Crippen molar-refractivity contribution in [3.8, 4) is 0 Å². The molecule has 0 unspecified atom stereocenters. The highest BCUT2D eigenvalue weighted by Crippen LogP contribution is 2.13. The summed E-state index contributed by atoms with van der Waals surface area (Å²) in [6.07, 6.45) is 5.19. The highest BCUT2D eigenvalue weighted by Gasteiger charge is 2.08. The fraction of sp³-hybridized carbons (Fsp3) is 0.375. The van der Waals surface area contributed by atoms with Crippen LogP contribution in [0.1, 0.15) is 35.0 Å². The zero-order chi connectivity index (χ0) is 14.2. The molecule has 0 aliphatic heterocycles. The highest BCUT2D eigenvalue weighted by molar-refractivity contribution is 7.12. The number of Topliss-reactive ketones (excluding diaryl/α,β-unsaturated/α-hetero) is 1. The highest BCUT2D eigenvalue weighted by atomic mass is 32.1. The van der Waals surface area contributed by atoms with Gasteiger partial charge in [0.1, 0.15) is 0 Å². The Kier molecular flexibility index (Phi) is 5.89. The first-order valence-electron chi connectivity index (χ1n) is 6.97. The molecule has 0 atom stereocenters. The number of hydrogen-bond acceptors (Lipinski definition) is 4. The number of pyridine rings is 1. The van der Waals surface area contributed by atoms with Crippen molar-refractivity contribution in [1.82, 2.24) is 9.88 Å². The Morgan fingerprint density at radius 1 is 1.30 bits per heavy atom. The van der Waals surface area contributed by atoms with E-state index in [1.165, 1.54) is 16.9 Å². The van der Waals surface area contributed by atoms with Gasteiger partial charge in [-0.15, -0.1) is 11.3 Å². The maximum absolute atomic E-state index is 11.9. The van der Waals surface area contributed by atoms with Crippen LogP contribution in [-0.4, -0.2) is 28.8 Å². The van der Waals surface area contributed by atoms with Crippen LogP contribution in [0.15, 0.2) is 42.0 Å². The van der Waals surface area contributed by atoms with Crippen molar-refractivity contribution in [2.75, 3.05) is 13.1 Å². The third-order valence-electron chi connectivity index (χ3n) is 3.28. The number of nitrogens with zero attached hydrogens (tertiary/aromatic N) is 2. The Morgan fingerprint density at radius 2 is 2.10 bits per heavy atom. The fourth-order valence-electron chi connectivity index (χ4n) is 2.12. The molecular weight excluding hydrogens is 268 g/mol. The Morgan fingerprint density at radius 3 is 2.75 bits per heavy atom. The second kappa shape index (κ2) is 7.92. The summed E-state index contributed by atoms with van der Waals surface area (Å²) >= 11 is 1.53. The van der Waals surface area contributed by atoms with Gasteiger partial charge in [0, 0.05) is 25.4 Å². The standard InChI is InChI=1S/C16H20N2OS/c1-2-18(13-14-7-9-17-10-8-14)11-3-5-15(19)16-6-4-12-20-16/h4,6-10,12H,2-3,5,11,13H2,1H3. The van der Waals surface area contributed by atoms with Gasteiger partial charge in [-0.2, -0.15) is 0 Å². The predicted molar refractivity (Wildman–Crippen MR) is 83.1 cm³/mol. The van der Waals surface area contributed by atoms with E-state index in [2.05, 4.69) is 16.8 Å². The molecule has 20 heavy (non-hydrogen) atoms. The molecule has 0 aliphatic rings. The van der Waals surface area contributed by atoms with Crippen molar-refractivity contribution in [3.05, 3.63) is 52.5 Å². The van der Waals surface area contributed by atoms with Crippen LogP contribution in [0.5, 0.6) is 0 Å². The predicted octanol–water partition coefficient (Wildman–Crippen LogP) is 3.63. The number of carbonyl (C=O) groups is 1. The van der Waals surface area contributed by atoms with Gasteiger partial charge >= 0.3 is 0 Å². The first-order valence-corrected chi connectivity index (χ1v) is 7.85. The quantitative estimate of drug-likeness (QED) is 0.695. The Labute approximate surface area is 124 Å². The number of ketones is 1. The first-order chi connectivity index (χ1) is 9.79. The summed E-state index contributed by atoms with van der Waals surface area (Å²) < 4.78 is 0. The van der Waals surface area contributed by atoms with Crippen LogP contribution >= 0.6 is 11.3 Å². The van der Waals surface area contributed by atoms with Crippen molar-refractivity contribution in [1.29, 1.82) is 0 Å². The molecule has 2 aromatic rings. The largest absolute Gasteiger partial charge is 0.299 e. The van der Waals surface area contributed by atoms with Gasteiger partial charge in [0.25, 0.3) is 0 Å². The van der Waals surface area contributed by atoms with Gasteiger partial charge in [-0.3, -0.25) is 14.7 Å². The minimum Gasteiger partial charge on any atom is -0.299 e. The normalized spacial score (nSPS) is 10.9. The van der Waals surface area contributed by atoms with Crippen molar-refractivity contribution in [2.24, 2.45) is 0 Å². The monoisotopic (exact) mass is 288 g/mol. The Balaban J connectivity index is 1.75. The molecular formula is C16H20N2OS. The van der Waals surface area contributed by atoms with Gasteiger partial charge in [0.05, 0.1) is 4.88 Å². The van der Waals surface area contributed by atoms with Crippen molar-refractivity contribution < 1.29 is 4.79 Å². The van der Waals surface area contributed by atoms with Gasteiger partial charge in [0.15, 0.2) is 5.78 Å². The average molecular weight is 288 g/mol. The second-order valence-electron chi connectivity index (χ2n) is 4.73. The van der Waals surface area contributed by atoms with E-state index in [-0.39, 0.29) is 5.78 Å². The van der Waals surface area contributed by atoms with Crippen LogP contribution in [0.25, 0.3) is 0 Å². The summed E-state index contributed by atoms with van der Waals surface area (Å²) in [5.41, 5.74) is 1.27. The molecule has 0 amide bonds. The van der Waals surface area contributed by atoms with Gasteiger partial charge in [-0.25, -0.2) is 0 Å². The van der Waals surface area contributed by atoms with Crippen molar-refractivity contribution in [2.45, 2.75) is 26.3 Å². The molecule has 3 nitrogen and oxygen atoms in total. The van der Waals surface area contributed by atoms with Crippen LogP contribution in [-0.2, 0) is 6.54 Å². The van der Waals surface area contributed by atoms with E-state index in [0.717, 1.165) is 30.9 Å². The molecule has 0 radical (unpaired) electrons. The van der Waals surface area contributed by atoms with E-state index in [1.807, 2.05) is 42.0 Å². The number of rotatable bonds is 8. The van der Waals surface area contributed by atoms with E-state index in [9.17, 15) is 4.79 Å². The molecule has 0 saturated heterocycles. The molecule has 2 heterocycles. The molecule has 2 aromatic heterocycles. The molecule has 0 aromatic carbocycles. The zero-order valence-corrected chi connectivity index (χ0v) is 12.6. The van der Waals surface area contributed by atoms with Gasteiger partial charge in [0.2, 0.25) is 0 Å². The maximum atomic E-state index is 11.9. The fourth-order valence-corrected chi connectivity index (χ4v) is 2.81. The lowest BCUT2D eigenvalue weighted by molar-refractivity contribution is 0.0978. The summed E-state index contributed by atoms with van der Waals surface area (Å²) in [6.45, 7) is 5.03. The minimum atomic E-state index is 0.264. The van der Waals surface area contributed by atoms with E-state index in [0.29, 0.717) is 6.42 Å². The number of thiophene rings is 1. The SMILES string of the molecule is CCN(CCCC(=O)c1cccs1)Cc1ccncc1. The summed E-state index contributed by atoms with van der Waals surface area (Å²) in [6, 6.07) is 7.92. The van der Waals surface area contributed by atoms with Crippen LogP contribution in [0.4, 0.5) is 0 Å². The third kappa shape index (κ3) is 4.54. The zero-order valence-electron chi connectivity index (χ0n) is 11.8. The summed E-state index contributed by atoms with van der Waals surface area (Å²) in [5, 5.41) is 1.95. The molecule has 0 spiro atoms. The van der Waals surface area contributed by atoms with Crippen LogP contribution < -0.4 is 0 Å². The Hall–Kier alpha value is -1.52. The van der Waals surface area contributed by atoms with Crippen molar-refractivity contribution in [3.63, 3.8) is 0 Å². The molecule has 0 aliphatic carbocycles. The second-order valence-corrected chi connectivity index (χ2v) is 5.68. The van der Waals surface area contributed by atoms with E-state index < -0.39 is 0 Å². The molecule has 106 valence electrons. The first kappa shape index (κ1) is 14.9. The molecule has 0 bridgehead atoms. The van der Waals surface area contributed by atoms with Crippen LogP contribution in [0.3, 0.4) is 0 Å². The lowest BCUT2D eigenvalue weighted by Gasteiger charge is -2.20. The van der Waals surface area contributed by atoms with Crippen LogP contribution in [0.2, 0.25) is 0 Å². The topological polar surface area (TPSA) is 33.2 Å². The molecule has 4 heteroatoms. The van der Waals surface area contributed by atoms with Crippen molar-refractivity contribution >= 4 is 17.1 Å². The molecule has 0 N–H and O–H groups in total. The van der Waals surface area contributed by atoms with E-state index >= 15 is 0 Å². The molecule has 2 rings (SSSR count). The van der Waals surface area contributed by atoms with E-state index in [1.54, 1.807) is 0 Å².